The largest absolute Gasteiger partial charge is 0.491 e. The SMILES string of the molecule is Cc1cnn(C[C@H]2CN(C[C@H](O)COc3ccccc3)CCO2)c1. The minimum absolute atomic E-state index is 0.0975. The Morgan fingerprint density at radius 3 is 2.96 bits per heavy atom. The van der Waals surface area contributed by atoms with Crippen LogP contribution in [0.5, 0.6) is 5.75 Å². The highest BCUT2D eigenvalue weighted by atomic mass is 16.5. The molecule has 0 amide bonds. The molecule has 0 radical (unpaired) electrons. The summed E-state index contributed by atoms with van der Waals surface area (Å²) in [6, 6.07) is 9.57. The summed E-state index contributed by atoms with van der Waals surface area (Å²) >= 11 is 0. The quantitative estimate of drug-likeness (QED) is 0.829. The van der Waals surface area contributed by atoms with E-state index >= 15 is 0 Å². The summed E-state index contributed by atoms with van der Waals surface area (Å²) in [4.78, 5) is 2.23. The van der Waals surface area contributed by atoms with E-state index in [-0.39, 0.29) is 6.10 Å². The number of β-amino-alcohol motifs (C(OH)–C–C–N with tert-alkyl or cyclic N) is 1. The molecule has 0 saturated carbocycles. The molecule has 130 valence electrons. The van der Waals surface area contributed by atoms with Crippen molar-refractivity contribution in [1.29, 1.82) is 0 Å². The number of aryl methyl sites for hydroxylation is 1. The van der Waals surface area contributed by atoms with Gasteiger partial charge in [-0.2, -0.15) is 5.10 Å². The molecule has 2 atom stereocenters. The summed E-state index contributed by atoms with van der Waals surface area (Å²) in [6.45, 7) is 5.95. The van der Waals surface area contributed by atoms with Crippen LogP contribution in [-0.2, 0) is 11.3 Å². The number of aliphatic hydroxyl groups excluding tert-OH is 1. The molecule has 3 rings (SSSR count). The second-order valence-corrected chi connectivity index (χ2v) is 6.27. The van der Waals surface area contributed by atoms with Crippen LogP contribution < -0.4 is 4.74 Å². The number of para-hydroxylation sites is 1. The van der Waals surface area contributed by atoms with Gasteiger partial charge in [-0.15, -0.1) is 0 Å². The van der Waals surface area contributed by atoms with E-state index < -0.39 is 6.10 Å². The van der Waals surface area contributed by atoms with Crippen molar-refractivity contribution in [3.8, 4) is 5.75 Å². The number of aromatic nitrogens is 2. The van der Waals surface area contributed by atoms with Crippen molar-refractivity contribution in [2.24, 2.45) is 0 Å². The first-order valence-corrected chi connectivity index (χ1v) is 8.38. The van der Waals surface area contributed by atoms with Gasteiger partial charge in [-0.05, 0) is 24.6 Å². The van der Waals surface area contributed by atoms with Crippen molar-refractivity contribution in [2.75, 3.05) is 32.8 Å². The Balaban J connectivity index is 1.42. The Bertz CT molecular complexity index is 617. The third-order valence-corrected chi connectivity index (χ3v) is 4.03. The molecule has 24 heavy (non-hydrogen) atoms. The van der Waals surface area contributed by atoms with Gasteiger partial charge in [-0.1, -0.05) is 18.2 Å². The maximum absolute atomic E-state index is 10.2. The fraction of sp³-hybridized carbons (Fsp3) is 0.500. The number of rotatable bonds is 7. The van der Waals surface area contributed by atoms with Gasteiger partial charge in [-0.3, -0.25) is 9.58 Å². The van der Waals surface area contributed by atoms with Crippen molar-refractivity contribution in [2.45, 2.75) is 25.7 Å². The van der Waals surface area contributed by atoms with E-state index in [1.807, 2.05) is 54.3 Å². The lowest BCUT2D eigenvalue weighted by molar-refractivity contribution is -0.0517. The molecule has 1 aromatic heterocycles. The zero-order valence-electron chi connectivity index (χ0n) is 14.0. The van der Waals surface area contributed by atoms with Gasteiger partial charge in [0.2, 0.25) is 0 Å². The summed E-state index contributed by atoms with van der Waals surface area (Å²) in [7, 11) is 0. The van der Waals surface area contributed by atoms with Gasteiger partial charge in [0.1, 0.15) is 18.5 Å². The highest BCUT2D eigenvalue weighted by Crippen LogP contribution is 2.11. The van der Waals surface area contributed by atoms with Crippen molar-refractivity contribution >= 4 is 0 Å². The van der Waals surface area contributed by atoms with E-state index in [1.54, 1.807) is 0 Å². The maximum Gasteiger partial charge on any atom is 0.119 e. The van der Waals surface area contributed by atoms with Crippen molar-refractivity contribution < 1.29 is 14.6 Å². The molecule has 1 aliphatic rings. The molecular formula is C18H25N3O3. The Kier molecular flexibility index (Phi) is 5.85. The van der Waals surface area contributed by atoms with E-state index in [0.29, 0.717) is 19.8 Å². The predicted octanol–water partition coefficient (Wildman–Crippen LogP) is 1.33. The van der Waals surface area contributed by atoms with Gasteiger partial charge in [0.25, 0.3) is 0 Å². The average molecular weight is 331 g/mol. The Morgan fingerprint density at radius 1 is 1.38 bits per heavy atom. The first-order valence-electron chi connectivity index (χ1n) is 8.38. The molecule has 6 nitrogen and oxygen atoms in total. The van der Waals surface area contributed by atoms with E-state index in [2.05, 4.69) is 10.00 Å². The van der Waals surface area contributed by atoms with Gasteiger partial charge < -0.3 is 14.6 Å². The monoisotopic (exact) mass is 331 g/mol. The summed E-state index contributed by atoms with van der Waals surface area (Å²) in [5.74, 6) is 0.783. The molecule has 1 saturated heterocycles. The molecule has 1 N–H and O–H groups in total. The number of morpholine rings is 1. The van der Waals surface area contributed by atoms with Crippen LogP contribution in [0.3, 0.4) is 0 Å². The lowest BCUT2D eigenvalue weighted by Crippen LogP contribution is -2.47. The Morgan fingerprint density at radius 2 is 2.21 bits per heavy atom. The normalized spacial score (nSPS) is 20.0. The van der Waals surface area contributed by atoms with Gasteiger partial charge >= 0.3 is 0 Å². The van der Waals surface area contributed by atoms with Crippen LogP contribution in [0.4, 0.5) is 0 Å². The van der Waals surface area contributed by atoms with Gasteiger partial charge in [0.05, 0.1) is 25.5 Å². The number of nitrogens with zero attached hydrogens (tertiary/aromatic N) is 3. The fourth-order valence-electron chi connectivity index (χ4n) is 2.89. The van der Waals surface area contributed by atoms with E-state index in [4.69, 9.17) is 9.47 Å². The third-order valence-electron chi connectivity index (χ3n) is 4.03. The second-order valence-electron chi connectivity index (χ2n) is 6.27. The van der Waals surface area contributed by atoms with E-state index in [1.165, 1.54) is 0 Å². The van der Waals surface area contributed by atoms with Crippen molar-refractivity contribution in [1.82, 2.24) is 14.7 Å². The molecule has 0 bridgehead atoms. The lowest BCUT2D eigenvalue weighted by Gasteiger charge is -2.33. The van der Waals surface area contributed by atoms with Gasteiger partial charge in [0, 0.05) is 25.8 Å². The number of benzene rings is 1. The van der Waals surface area contributed by atoms with Crippen LogP contribution in [0.15, 0.2) is 42.7 Å². The molecule has 1 aromatic carbocycles. The van der Waals surface area contributed by atoms with E-state index in [9.17, 15) is 5.11 Å². The zero-order chi connectivity index (χ0) is 16.8. The lowest BCUT2D eigenvalue weighted by atomic mass is 10.2. The molecule has 1 fully saturated rings. The standard InChI is InChI=1S/C18H25N3O3/c1-15-9-19-21(10-15)13-18-12-20(7-8-23-18)11-16(22)14-24-17-5-3-2-4-6-17/h2-6,9-10,16,18,22H,7-8,11-14H2,1H3/t16-,18+/m0/s1. The first-order chi connectivity index (χ1) is 11.7. The van der Waals surface area contributed by atoms with Crippen molar-refractivity contribution in [3.63, 3.8) is 0 Å². The highest BCUT2D eigenvalue weighted by molar-refractivity contribution is 5.20. The van der Waals surface area contributed by atoms with Crippen LogP contribution in [-0.4, -0.2) is 64.8 Å². The first kappa shape index (κ1) is 17.0. The predicted molar refractivity (Wildman–Crippen MR) is 91.1 cm³/mol. The minimum atomic E-state index is -0.518. The van der Waals surface area contributed by atoms with Crippen molar-refractivity contribution in [3.05, 3.63) is 48.3 Å². The summed E-state index contributed by atoms with van der Waals surface area (Å²) < 4.78 is 13.3. The molecule has 0 spiro atoms. The van der Waals surface area contributed by atoms with Crippen LogP contribution in [0.1, 0.15) is 5.56 Å². The summed E-state index contributed by atoms with van der Waals surface area (Å²) in [5.41, 5.74) is 1.15. The van der Waals surface area contributed by atoms with E-state index in [0.717, 1.165) is 30.9 Å². The summed E-state index contributed by atoms with van der Waals surface area (Å²) in [6.07, 6.45) is 3.45. The minimum Gasteiger partial charge on any atom is -0.491 e. The maximum atomic E-state index is 10.2. The summed E-state index contributed by atoms with van der Waals surface area (Å²) in [5, 5.41) is 14.5. The highest BCUT2D eigenvalue weighted by Gasteiger charge is 2.23. The van der Waals surface area contributed by atoms with Crippen LogP contribution >= 0.6 is 0 Å². The molecule has 1 aliphatic heterocycles. The number of hydrogen-bond donors (Lipinski definition) is 1. The Labute approximate surface area is 142 Å². The molecular weight excluding hydrogens is 306 g/mol. The number of ether oxygens (including phenoxy) is 2. The third kappa shape index (κ3) is 5.06. The van der Waals surface area contributed by atoms with Gasteiger partial charge in [-0.25, -0.2) is 0 Å². The van der Waals surface area contributed by atoms with Crippen LogP contribution in [0.2, 0.25) is 0 Å². The van der Waals surface area contributed by atoms with Crippen LogP contribution in [0.25, 0.3) is 0 Å². The fourth-order valence-corrected chi connectivity index (χ4v) is 2.89. The van der Waals surface area contributed by atoms with Crippen LogP contribution in [0, 0.1) is 6.92 Å². The molecule has 2 heterocycles. The molecule has 0 aliphatic carbocycles. The Hall–Kier alpha value is -1.89. The smallest absolute Gasteiger partial charge is 0.119 e. The number of hydrogen-bond acceptors (Lipinski definition) is 5. The number of aliphatic hydroxyl groups is 1. The molecule has 2 aromatic rings. The molecule has 0 unspecified atom stereocenters. The van der Waals surface area contributed by atoms with Gasteiger partial charge in [0.15, 0.2) is 0 Å². The topological polar surface area (TPSA) is 59.8 Å². The molecule has 6 heteroatoms. The second kappa shape index (κ2) is 8.28. The zero-order valence-corrected chi connectivity index (χ0v) is 14.0. The average Bonchev–Trinajstić information content (AvgIpc) is 2.99.